The van der Waals surface area contributed by atoms with Crippen LogP contribution in [0.1, 0.15) is 33.6 Å². The third-order valence-electron chi connectivity index (χ3n) is 3.44. The van der Waals surface area contributed by atoms with Crippen molar-refractivity contribution in [2.75, 3.05) is 25.4 Å². The molecule has 0 aromatic carbocycles. The number of hydrogen-bond donors (Lipinski definition) is 1. The minimum atomic E-state index is -2.91. The molecule has 17 heavy (non-hydrogen) atoms. The molecule has 1 fully saturated rings. The summed E-state index contributed by atoms with van der Waals surface area (Å²) in [7, 11) is -2.91. The van der Waals surface area contributed by atoms with Crippen molar-refractivity contribution in [3.05, 3.63) is 0 Å². The predicted molar refractivity (Wildman–Crippen MR) is 69.9 cm³/mol. The van der Waals surface area contributed by atoms with E-state index in [1.807, 2.05) is 0 Å². The molecule has 1 aliphatic rings. The van der Waals surface area contributed by atoms with Gasteiger partial charge in [0.15, 0.2) is 9.84 Å². The van der Waals surface area contributed by atoms with Gasteiger partial charge in [-0.05, 0) is 32.6 Å². The van der Waals surface area contributed by atoms with Crippen molar-refractivity contribution in [2.24, 2.45) is 5.92 Å². The SMILES string of the molecule is CCC1OCCC1CNCCS(=O)(=O)C(C)C. The Kier molecular flexibility index (Phi) is 5.89. The highest BCUT2D eigenvalue weighted by Crippen LogP contribution is 2.22. The number of sulfone groups is 1. The molecule has 1 rings (SSSR count). The molecule has 0 bridgehead atoms. The summed E-state index contributed by atoms with van der Waals surface area (Å²) in [6.45, 7) is 7.85. The summed E-state index contributed by atoms with van der Waals surface area (Å²) in [5.41, 5.74) is 0. The van der Waals surface area contributed by atoms with Crippen molar-refractivity contribution < 1.29 is 13.2 Å². The quantitative estimate of drug-likeness (QED) is 0.702. The first-order valence-corrected chi connectivity index (χ1v) is 8.22. The van der Waals surface area contributed by atoms with Crippen molar-refractivity contribution in [2.45, 2.75) is 45.0 Å². The average Bonchev–Trinajstić information content (AvgIpc) is 2.71. The Bertz CT molecular complexity index is 314. The van der Waals surface area contributed by atoms with Crippen LogP contribution in [0.2, 0.25) is 0 Å². The van der Waals surface area contributed by atoms with Gasteiger partial charge in [-0.2, -0.15) is 0 Å². The standard InChI is InChI=1S/C12H25NO3S/c1-4-12-11(5-7-16-12)9-13-6-8-17(14,15)10(2)3/h10-13H,4-9H2,1-3H3. The molecule has 1 heterocycles. The number of nitrogens with one attached hydrogen (secondary N) is 1. The molecule has 1 aliphatic heterocycles. The minimum Gasteiger partial charge on any atom is -0.378 e. The fraction of sp³-hybridized carbons (Fsp3) is 1.00. The van der Waals surface area contributed by atoms with Crippen molar-refractivity contribution in [3.8, 4) is 0 Å². The van der Waals surface area contributed by atoms with E-state index in [9.17, 15) is 8.42 Å². The van der Waals surface area contributed by atoms with E-state index in [0.29, 0.717) is 18.6 Å². The van der Waals surface area contributed by atoms with Crippen LogP contribution < -0.4 is 5.32 Å². The molecule has 1 N–H and O–H groups in total. The summed E-state index contributed by atoms with van der Waals surface area (Å²) < 4.78 is 28.8. The van der Waals surface area contributed by atoms with E-state index < -0.39 is 9.84 Å². The summed E-state index contributed by atoms with van der Waals surface area (Å²) >= 11 is 0. The topological polar surface area (TPSA) is 55.4 Å². The fourth-order valence-corrected chi connectivity index (χ4v) is 3.02. The largest absolute Gasteiger partial charge is 0.378 e. The first-order valence-electron chi connectivity index (χ1n) is 6.51. The first-order chi connectivity index (χ1) is 7.97. The average molecular weight is 263 g/mol. The van der Waals surface area contributed by atoms with Gasteiger partial charge in [0.2, 0.25) is 0 Å². The van der Waals surface area contributed by atoms with Crippen LogP contribution in [0.15, 0.2) is 0 Å². The van der Waals surface area contributed by atoms with Gasteiger partial charge in [-0.3, -0.25) is 0 Å². The third kappa shape index (κ3) is 4.56. The van der Waals surface area contributed by atoms with E-state index in [4.69, 9.17) is 4.74 Å². The summed E-state index contributed by atoms with van der Waals surface area (Å²) in [5, 5.41) is 2.97. The van der Waals surface area contributed by atoms with Crippen molar-refractivity contribution in [1.82, 2.24) is 5.32 Å². The summed E-state index contributed by atoms with van der Waals surface area (Å²) in [4.78, 5) is 0. The molecule has 0 spiro atoms. The second-order valence-electron chi connectivity index (χ2n) is 4.99. The molecule has 0 aromatic heterocycles. The van der Waals surface area contributed by atoms with Gasteiger partial charge in [0.05, 0.1) is 17.1 Å². The van der Waals surface area contributed by atoms with Crippen LogP contribution in [0, 0.1) is 5.92 Å². The molecular weight excluding hydrogens is 238 g/mol. The van der Waals surface area contributed by atoms with E-state index in [-0.39, 0.29) is 11.0 Å². The van der Waals surface area contributed by atoms with Gasteiger partial charge in [0, 0.05) is 19.7 Å². The maximum atomic E-state index is 11.6. The lowest BCUT2D eigenvalue weighted by Crippen LogP contribution is -2.33. The van der Waals surface area contributed by atoms with E-state index in [0.717, 1.165) is 26.0 Å². The maximum Gasteiger partial charge on any atom is 0.153 e. The van der Waals surface area contributed by atoms with Crippen LogP contribution in [-0.2, 0) is 14.6 Å². The lowest BCUT2D eigenvalue weighted by atomic mass is 10.00. The third-order valence-corrected chi connectivity index (χ3v) is 5.65. The number of hydrogen-bond acceptors (Lipinski definition) is 4. The van der Waals surface area contributed by atoms with Crippen LogP contribution in [0.4, 0.5) is 0 Å². The Morgan fingerprint density at radius 2 is 2.12 bits per heavy atom. The van der Waals surface area contributed by atoms with Crippen molar-refractivity contribution >= 4 is 9.84 Å². The summed E-state index contributed by atoms with van der Waals surface area (Å²) in [5.74, 6) is 0.774. The highest BCUT2D eigenvalue weighted by Gasteiger charge is 2.26. The second-order valence-corrected chi connectivity index (χ2v) is 7.66. The highest BCUT2D eigenvalue weighted by molar-refractivity contribution is 7.92. The lowest BCUT2D eigenvalue weighted by Gasteiger charge is -2.17. The van der Waals surface area contributed by atoms with Gasteiger partial charge in [0.25, 0.3) is 0 Å². The molecule has 102 valence electrons. The molecule has 0 radical (unpaired) electrons. The molecular formula is C12H25NO3S. The Labute approximate surface area is 105 Å². The molecule has 4 nitrogen and oxygen atoms in total. The van der Waals surface area contributed by atoms with Gasteiger partial charge in [-0.1, -0.05) is 6.92 Å². The van der Waals surface area contributed by atoms with Crippen molar-refractivity contribution in [3.63, 3.8) is 0 Å². The van der Waals surface area contributed by atoms with Crippen LogP contribution in [-0.4, -0.2) is 45.2 Å². The predicted octanol–water partition coefficient (Wildman–Crippen LogP) is 1.21. The number of rotatable bonds is 7. The zero-order valence-electron chi connectivity index (χ0n) is 11.1. The summed E-state index contributed by atoms with van der Waals surface area (Å²) in [6, 6.07) is 0. The molecule has 0 amide bonds. The van der Waals surface area contributed by atoms with Crippen LogP contribution in [0.3, 0.4) is 0 Å². The van der Waals surface area contributed by atoms with Gasteiger partial charge >= 0.3 is 0 Å². The normalized spacial score (nSPS) is 25.6. The summed E-state index contributed by atoms with van der Waals surface area (Å²) in [6.07, 6.45) is 2.48. The fourth-order valence-electron chi connectivity index (χ4n) is 2.12. The van der Waals surface area contributed by atoms with Gasteiger partial charge in [-0.15, -0.1) is 0 Å². The molecule has 2 atom stereocenters. The second kappa shape index (κ2) is 6.71. The van der Waals surface area contributed by atoms with Gasteiger partial charge < -0.3 is 10.1 Å². The maximum absolute atomic E-state index is 11.6. The molecule has 1 saturated heterocycles. The Morgan fingerprint density at radius 3 is 2.71 bits per heavy atom. The molecule has 0 saturated carbocycles. The Morgan fingerprint density at radius 1 is 1.41 bits per heavy atom. The van der Waals surface area contributed by atoms with Crippen LogP contribution >= 0.6 is 0 Å². The Balaban J connectivity index is 2.20. The lowest BCUT2D eigenvalue weighted by molar-refractivity contribution is 0.0874. The van der Waals surface area contributed by atoms with E-state index in [2.05, 4.69) is 12.2 Å². The zero-order valence-corrected chi connectivity index (χ0v) is 11.9. The highest BCUT2D eigenvalue weighted by atomic mass is 32.2. The minimum absolute atomic E-state index is 0.231. The van der Waals surface area contributed by atoms with Crippen LogP contribution in [0.5, 0.6) is 0 Å². The van der Waals surface area contributed by atoms with Crippen molar-refractivity contribution in [1.29, 1.82) is 0 Å². The monoisotopic (exact) mass is 263 g/mol. The number of ether oxygens (including phenoxy) is 1. The van der Waals surface area contributed by atoms with E-state index in [1.165, 1.54) is 0 Å². The van der Waals surface area contributed by atoms with Crippen LogP contribution in [0.25, 0.3) is 0 Å². The smallest absolute Gasteiger partial charge is 0.153 e. The molecule has 2 unspecified atom stereocenters. The Hall–Kier alpha value is -0.130. The van der Waals surface area contributed by atoms with E-state index in [1.54, 1.807) is 13.8 Å². The molecule has 5 heteroatoms. The molecule has 0 aliphatic carbocycles. The van der Waals surface area contributed by atoms with Gasteiger partial charge in [0.1, 0.15) is 0 Å². The zero-order chi connectivity index (χ0) is 12.9. The van der Waals surface area contributed by atoms with E-state index >= 15 is 0 Å². The first kappa shape index (κ1) is 14.9. The van der Waals surface area contributed by atoms with Gasteiger partial charge in [-0.25, -0.2) is 8.42 Å². The molecule has 0 aromatic rings.